The Morgan fingerprint density at radius 1 is 1.43 bits per heavy atom. The fourth-order valence-electron chi connectivity index (χ4n) is 2.07. The number of benzene rings is 1. The molecule has 0 aliphatic carbocycles. The minimum absolute atomic E-state index is 0.0692. The molecule has 0 spiro atoms. The van der Waals surface area contributed by atoms with Crippen molar-refractivity contribution in [2.24, 2.45) is 0 Å². The van der Waals surface area contributed by atoms with Gasteiger partial charge in [0.25, 0.3) is 0 Å². The van der Waals surface area contributed by atoms with Gasteiger partial charge in [-0.3, -0.25) is 4.79 Å². The summed E-state index contributed by atoms with van der Waals surface area (Å²) in [6, 6.07) is 5.60. The van der Waals surface area contributed by atoms with Crippen molar-refractivity contribution in [2.75, 3.05) is 0 Å². The summed E-state index contributed by atoms with van der Waals surface area (Å²) in [7, 11) is 0. The van der Waals surface area contributed by atoms with E-state index < -0.39 is 11.7 Å². The Kier molecular flexibility index (Phi) is 4.21. The Morgan fingerprint density at radius 2 is 2.14 bits per heavy atom. The highest BCUT2D eigenvalue weighted by atomic mass is 16.6. The summed E-state index contributed by atoms with van der Waals surface area (Å²) in [4.78, 5) is 23.3. The zero-order valence-corrected chi connectivity index (χ0v) is 12.9. The quantitative estimate of drug-likeness (QED) is 0.909. The first-order chi connectivity index (χ1) is 9.74. The van der Waals surface area contributed by atoms with Gasteiger partial charge >= 0.3 is 6.09 Å². The Morgan fingerprint density at radius 3 is 2.81 bits per heavy atom. The van der Waals surface area contributed by atoms with Crippen molar-refractivity contribution >= 4 is 11.9 Å². The van der Waals surface area contributed by atoms with Crippen LogP contribution in [0.15, 0.2) is 18.2 Å². The number of carbonyl (C=O) groups is 2. The summed E-state index contributed by atoms with van der Waals surface area (Å²) in [5.41, 5.74) is 1.25. The molecule has 1 aromatic carbocycles. The van der Waals surface area contributed by atoms with Crippen molar-refractivity contribution in [3.8, 4) is 5.75 Å². The molecule has 2 rings (SSSR count). The first kappa shape index (κ1) is 15.4. The number of hydrogen-bond acceptors (Lipinski definition) is 4. The predicted octanol–water partition coefficient (Wildman–Crippen LogP) is 2.60. The number of alkyl carbamates (subject to hydrolysis) is 1. The van der Waals surface area contributed by atoms with Gasteiger partial charge in [-0.25, -0.2) is 4.79 Å². The molecule has 1 unspecified atom stereocenters. The van der Waals surface area contributed by atoms with E-state index in [2.05, 4.69) is 5.32 Å². The van der Waals surface area contributed by atoms with E-state index in [0.717, 1.165) is 16.9 Å². The van der Waals surface area contributed by atoms with Crippen LogP contribution >= 0.6 is 0 Å². The number of fused-ring (bicyclic) bond motifs is 1. The number of amides is 1. The van der Waals surface area contributed by atoms with E-state index in [-0.39, 0.29) is 11.9 Å². The Bertz CT molecular complexity index is 560. The maximum Gasteiger partial charge on any atom is 0.407 e. The molecule has 1 atom stereocenters. The summed E-state index contributed by atoms with van der Waals surface area (Å²) in [6.07, 6.45) is -0.471. The number of ketones is 1. The second-order valence-corrected chi connectivity index (χ2v) is 6.20. The van der Waals surface area contributed by atoms with Gasteiger partial charge in [-0.05, 0) is 45.4 Å². The molecule has 114 valence electrons. The third-order valence-corrected chi connectivity index (χ3v) is 3.08. The lowest BCUT2D eigenvalue weighted by Gasteiger charge is -2.23. The Balaban J connectivity index is 1.98. The first-order valence-corrected chi connectivity index (χ1v) is 7.02. The van der Waals surface area contributed by atoms with Crippen molar-refractivity contribution in [3.05, 3.63) is 29.3 Å². The molecule has 0 saturated heterocycles. The van der Waals surface area contributed by atoms with Gasteiger partial charge in [-0.1, -0.05) is 6.07 Å². The summed E-state index contributed by atoms with van der Waals surface area (Å²) < 4.78 is 10.7. The molecule has 5 heteroatoms. The minimum Gasteiger partial charge on any atom is -0.483 e. The molecule has 1 amide bonds. The summed E-state index contributed by atoms with van der Waals surface area (Å²) >= 11 is 0. The van der Waals surface area contributed by atoms with Crippen LogP contribution in [0.2, 0.25) is 0 Å². The SMILES string of the molecule is CC1Oc2ccc(CNC(=O)OC(C)(C)C)cc2CC1=O. The second kappa shape index (κ2) is 5.76. The lowest BCUT2D eigenvalue weighted by Crippen LogP contribution is -2.32. The highest BCUT2D eigenvalue weighted by molar-refractivity contribution is 5.87. The van der Waals surface area contributed by atoms with Crippen LogP contribution in [0.25, 0.3) is 0 Å². The highest BCUT2D eigenvalue weighted by Gasteiger charge is 2.24. The van der Waals surface area contributed by atoms with Gasteiger partial charge in [-0.2, -0.15) is 0 Å². The van der Waals surface area contributed by atoms with E-state index in [1.54, 1.807) is 6.92 Å². The van der Waals surface area contributed by atoms with Crippen molar-refractivity contribution in [1.82, 2.24) is 5.32 Å². The van der Waals surface area contributed by atoms with Crippen LogP contribution in [0.5, 0.6) is 5.75 Å². The van der Waals surface area contributed by atoms with Crippen LogP contribution in [0.1, 0.15) is 38.8 Å². The van der Waals surface area contributed by atoms with Crippen LogP contribution in [0.3, 0.4) is 0 Å². The van der Waals surface area contributed by atoms with Crippen LogP contribution in [0, 0.1) is 0 Å². The molecular weight excluding hydrogens is 270 g/mol. The second-order valence-electron chi connectivity index (χ2n) is 6.20. The maximum atomic E-state index is 11.7. The third kappa shape index (κ3) is 4.21. The Labute approximate surface area is 124 Å². The number of hydrogen-bond donors (Lipinski definition) is 1. The summed E-state index contributed by atoms with van der Waals surface area (Å²) in [5, 5.41) is 2.70. The van der Waals surface area contributed by atoms with Crippen LogP contribution in [0.4, 0.5) is 4.79 Å². The molecule has 1 aliphatic rings. The predicted molar refractivity (Wildman–Crippen MR) is 78.3 cm³/mol. The van der Waals surface area contributed by atoms with E-state index in [9.17, 15) is 9.59 Å². The normalized spacial score (nSPS) is 17.7. The lowest BCUT2D eigenvalue weighted by molar-refractivity contribution is -0.125. The van der Waals surface area contributed by atoms with Crippen LogP contribution in [-0.4, -0.2) is 23.6 Å². The number of carbonyl (C=O) groups excluding carboxylic acids is 2. The molecule has 0 bridgehead atoms. The molecule has 0 fully saturated rings. The summed E-state index contributed by atoms with van der Waals surface area (Å²) in [5.74, 6) is 0.808. The largest absolute Gasteiger partial charge is 0.483 e. The monoisotopic (exact) mass is 291 g/mol. The average Bonchev–Trinajstić information content (AvgIpc) is 2.36. The first-order valence-electron chi connectivity index (χ1n) is 7.02. The fourth-order valence-corrected chi connectivity index (χ4v) is 2.07. The molecule has 5 nitrogen and oxygen atoms in total. The van der Waals surface area contributed by atoms with Crippen LogP contribution in [-0.2, 0) is 22.5 Å². The van der Waals surface area contributed by atoms with Gasteiger partial charge in [0.2, 0.25) is 0 Å². The van der Waals surface area contributed by atoms with Gasteiger partial charge in [-0.15, -0.1) is 0 Å². The molecule has 21 heavy (non-hydrogen) atoms. The van der Waals surface area contributed by atoms with Crippen molar-refractivity contribution in [1.29, 1.82) is 0 Å². The molecule has 0 saturated carbocycles. The number of Topliss-reactive ketones (excluding diaryl/α,β-unsaturated/α-hetero) is 1. The smallest absolute Gasteiger partial charge is 0.407 e. The number of ether oxygens (including phenoxy) is 2. The van der Waals surface area contributed by atoms with Crippen molar-refractivity contribution in [3.63, 3.8) is 0 Å². The van der Waals surface area contributed by atoms with E-state index >= 15 is 0 Å². The molecule has 0 radical (unpaired) electrons. The van der Waals surface area contributed by atoms with Gasteiger partial charge in [0.1, 0.15) is 11.4 Å². The number of rotatable bonds is 2. The van der Waals surface area contributed by atoms with Crippen molar-refractivity contribution < 1.29 is 19.1 Å². The van der Waals surface area contributed by atoms with Crippen LogP contribution < -0.4 is 10.1 Å². The highest BCUT2D eigenvalue weighted by Crippen LogP contribution is 2.26. The number of nitrogens with one attached hydrogen (secondary N) is 1. The van der Waals surface area contributed by atoms with E-state index in [1.807, 2.05) is 39.0 Å². The van der Waals surface area contributed by atoms with Gasteiger partial charge in [0.15, 0.2) is 11.9 Å². The standard InChI is InChI=1S/C16H21NO4/c1-10-13(18)8-12-7-11(5-6-14(12)20-10)9-17-15(19)21-16(2,3)4/h5-7,10H,8-9H2,1-4H3,(H,17,19). The molecule has 1 N–H and O–H groups in total. The molecule has 1 heterocycles. The van der Waals surface area contributed by atoms with Crippen molar-refractivity contribution in [2.45, 2.75) is 52.4 Å². The zero-order valence-electron chi connectivity index (χ0n) is 12.9. The lowest BCUT2D eigenvalue weighted by atomic mass is 9.99. The van der Waals surface area contributed by atoms with E-state index in [4.69, 9.17) is 9.47 Å². The minimum atomic E-state index is -0.518. The zero-order chi connectivity index (χ0) is 15.6. The maximum absolute atomic E-state index is 11.7. The molecular formula is C16H21NO4. The fraction of sp³-hybridized carbons (Fsp3) is 0.500. The van der Waals surface area contributed by atoms with Gasteiger partial charge < -0.3 is 14.8 Å². The van der Waals surface area contributed by atoms with E-state index in [0.29, 0.717) is 13.0 Å². The summed E-state index contributed by atoms with van der Waals surface area (Å²) in [6.45, 7) is 7.55. The Hall–Kier alpha value is -2.04. The average molecular weight is 291 g/mol. The topological polar surface area (TPSA) is 64.6 Å². The molecule has 0 aromatic heterocycles. The van der Waals surface area contributed by atoms with Gasteiger partial charge in [0.05, 0.1) is 0 Å². The third-order valence-electron chi connectivity index (χ3n) is 3.08. The molecule has 1 aromatic rings. The van der Waals surface area contributed by atoms with E-state index in [1.165, 1.54) is 0 Å². The molecule has 1 aliphatic heterocycles. The van der Waals surface area contributed by atoms with Gasteiger partial charge in [0, 0.05) is 18.5 Å².